The van der Waals surface area contributed by atoms with Crippen LogP contribution in [0.25, 0.3) is 0 Å². The predicted octanol–water partition coefficient (Wildman–Crippen LogP) is 14.2. The highest BCUT2D eigenvalue weighted by Crippen LogP contribution is 2.23. The molecule has 0 amide bonds. The molecule has 0 aromatic rings. The standard InChI is InChI=1S/C35H71I/c1-3-5-7-9-11-13-15-17-19-21-23-25-27-29-31-35(33-34-36)32-30-28-26-24-22-20-18-16-14-12-10-8-6-4-2/h35H,3-34H2,1-2H3. The molecule has 36 heavy (non-hydrogen) atoms. The highest BCUT2D eigenvalue weighted by atomic mass is 127. The van der Waals surface area contributed by atoms with Crippen LogP contribution in [-0.2, 0) is 0 Å². The lowest BCUT2D eigenvalue weighted by atomic mass is 9.92. The van der Waals surface area contributed by atoms with Gasteiger partial charge in [0.2, 0.25) is 0 Å². The number of alkyl halides is 1. The van der Waals surface area contributed by atoms with E-state index >= 15 is 0 Å². The summed E-state index contributed by atoms with van der Waals surface area (Å²) in [5.41, 5.74) is 0. The van der Waals surface area contributed by atoms with E-state index in [9.17, 15) is 0 Å². The normalized spacial score (nSPS) is 11.7. The molecule has 0 aliphatic carbocycles. The van der Waals surface area contributed by atoms with E-state index in [1.807, 2.05) is 0 Å². The van der Waals surface area contributed by atoms with Crippen molar-refractivity contribution in [2.75, 3.05) is 4.43 Å². The van der Waals surface area contributed by atoms with Gasteiger partial charge in [0.25, 0.3) is 0 Å². The molecule has 0 N–H and O–H groups in total. The van der Waals surface area contributed by atoms with Crippen LogP contribution >= 0.6 is 22.6 Å². The smallest absolute Gasteiger partial charge is 0.000209 e. The quantitative estimate of drug-likeness (QED) is 0.0400. The third-order valence-corrected chi connectivity index (χ3v) is 9.07. The summed E-state index contributed by atoms with van der Waals surface area (Å²) < 4.78 is 1.36. The molecule has 0 aromatic carbocycles. The minimum atomic E-state index is 1.02. The second-order valence-electron chi connectivity index (χ2n) is 12.1. The summed E-state index contributed by atoms with van der Waals surface area (Å²) in [5.74, 6) is 1.02. The van der Waals surface area contributed by atoms with Crippen molar-refractivity contribution in [2.45, 2.75) is 213 Å². The molecule has 0 rings (SSSR count). The molecule has 0 atom stereocenters. The first-order valence-electron chi connectivity index (χ1n) is 17.4. The maximum absolute atomic E-state index is 2.60. The number of hydrogen-bond donors (Lipinski definition) is 0. The molecule has 218 valence electrons. The molecule has 0 spiro atoms. The van der Waals surface area contributed by atoms with E-state index in [2.05, 4.69) is 36.4 Å². The van der Waals surface area contributed by atoms with Gasteiger partial charge in [0, 0.05) is 0 Å². The van der Waals surface area contributed by atoms with Gasteiger partial charge in [-0.2, -0.15) is 0 Å². The van der Waals surface area contributed by atoms with Gasteiger partial charge in [-0.3, -0.25) is 0 Å². The SMILES string of the molecule is CCCCCCCCCCCCCCCCC(CCI)CCCCCCCCCCCCCCCC. The maximum Gasteiger partial charge on any atom is -0.000209 e. The van der Waals surface area contributed by atoms with Crippen LogP contribution in [-0.4, -0.2) is 4.43 Å². The molecule has 0 aromatic heterocycles. The Bertz CT molecular complexity index is 334. The van der Waals surface area contributed by atoms with E-state index in [0.29, 0.717) is 0 Å². The Balaban J connectivity index is 3.37. The second-order valence-corrected chi connectivity index (χ2v) is 13.2. The first-order chi connectivity index (χ1) is 17.8. The Kier molecular flexibility index (Phi) is 34.4. The van der Waals surface area contributed by atoms with Gasteiger partial charge in [-0.25, -0.2) is 0 Å². The summed E-state index contributed by atoms with van der Waals surface area (Å²) in [5, 5.41) is 0. The molecule has 0 fully saturated rings. The Morgan fingerprint density at radius 2 is 0.528 bits per heavy atom. The van der Waals surface area contributed by atoms with Crippen LogP contribution in [0.15, 0.2) is 0 Å². The Hall–Kier alpha value is 0.730. The highest BCUT2D eigenvalue weighted by Gasteiger charge is 2.08. The molecule has 0 unspecified atom stereocenters. The monoisotopic (exact) mass is 618 g/mol. The Morgan fingerprint density at radius 1 is 0.306 bits per heavy atom. The zero-order chi connectivity index (χ0) is 26.2. The maximum atomic E-state index is 2.60. The largest absolute Gasteiger partial charge is 0.0864 e. The summed E-state index contributed by atoms with van der Waals surface area (Å²) in [6.45, 7) is 4.62. The third-order valence-electron chi connectivity index (χ3n) is 8.45. The summed E-state index contributed by atoms with van der Waals surface area (Å²) in [6.07, 6.45) is 45.8. The van der Waals surface area contributed by atoms with Gasteiger partial charge in [-0.05, 0) is 16.8 Å². The van der Waals surface area contributed by atoms with E-state index in [1.165, 1.54) is 203 Å². The first-order valence-corrected chi connectivity index (χ1v) is 18.9. The van der Waals surface area contributed by atoms with E-state index in [0.717, 1.165) is 5.92 Å². The summed E-state index contributed by atoms with van der Waals surface area (Å²) in [4.78, 5) is 0. The van der Waals surface area contributed by atoms with Gasteiger partial charge in [0.05, 0.1) is 0 Å². The minimum absolute atomic E-state index is 1.02. The lowest BCUT2D eigenvalue weighted by Gasteiger charge is -2.15. The number of unbranched alkanes of at least 4 members (excludes halogenated alkanes) is 26. The van der Waals surface area contributed by atoms with Gasteiger partial charge < -0.3 is 0 Å². The number of rotatable bonds is 32. The summed E-state index contributed by atoms with van der Waals surface area (Å²) in [7, 11) is 0. The molecule has 0 aliphatic rings. The van der Waals surface area contributed by atoms with Crippen LogP contribution in [0.4, 0.5) is 0 Å². The highest BCUT2D eigenvalue weighted by molar-refractivity contribution is 14.1. The molecule has 0 radical (unpaired) electrons. The molecule has 0 nitrogen and oxygen atoms in total. The van der Waals surface area contributed by atoms with Gasteiger partial charge >= 0.3 is 0 Å². The Morgan fingerprint density at radius 3 is 0.750 bits per heavy atom. The molecule has 0 bridgehead atoms. The lowest BCUT2D eigenvalue weighted by Crippen LogP contribution is -2.02. The van der Waals surface area contributed by atoms with Crippen molar-refractivity contribution >= 4 is 22.6 Å². The fourth-order valence-electron chi connectivity index (χ4n) is 5.84. The van der Waals surface area contributed by atoms with Crippen LogP contribution in [0, 0.1) is 5.92 Å². The average molecular weight is 619 g/mol. The van der Waals surface area contributed by atoms with Crippen LogP contribution in [0.3, 0.4) is 0 Å². The van der Waals surface area contributed by atoms with E-state index in [1.54, 1.807) is 0 Å². The molecule has 0 heterocycles. The third kappa shape index (κ3) is 31.0. The minimum Gasteiger partial charge on any atom is -0.0864 e. The van der Waals surface area contributed by atoms with Crippen molar-refractivity contribution in [3.05, 3.63) is 0 Å². The predicted molar refractivity (Wildman–Crippen MR) is 177 cm³/mol. The van der Waals surface area contributed by atoms with Crippen LogP contribution in [0.2, 0.25) is 0 Å². The van der Waals surface area contributed by atoms with Crippen LogP contribution < -0.4 is 0 Å². The summed E-state index contributed by atoms with van der Waals surface area (Å²) >= 11 is 2.60. The van der Waals surface area contributed by atoms with Gasteiger partial charge in [-0.1, -0.05) is 229 Å². The van der Waals surface area contributed by atoms with Crippen molar-refractivity contribution in [2.24, 2.45) is 5.92 Å². The average Bonchev–Trinajstić information content (AvgIpc) is 2.89. The fraction of sp³-hybridized carbons (Fsp3) is 1.00. The molecule has 0 saturated heterocycles. The number of halogens is 1. The van der Waals surface area contributed by atoms with Crippen molar-refractivity contribution in [1.29, 1.82) is 0 Å². The van der Waals surface area contributed by atoms with Crippen molar-refractivity contribution < 1.29 is 0 Å². The topological polar surface area (TPSA) is 0 Å². The van der Waals surface area contributed by atoms with Gasteiger partial charge in [0.1, 0.15) is 0 Å². The van der Waals surface area contributed by atoms with Crippen molar-refractivity contribution in [3.8, 4) is 0 Å². The van der Waals surface area contributed by atoms with Crippen molar-refractivity contribution in [1.82, 2.24) is 0 Å². The molecule has 0 aliphatic heterocycles. The summed E-state index contributed by atoms with van der Waals surface area (Å²) in [6, 6.07) is 0. The van der Waals surface area contributed by atoms with Crippen LogP contribution in [0.1, 0.15) is 213 Å². The van der Waals surface area contributed by atoms with Crippen LogP contribution in [0.5, 0.6) is 0 Å². The van der Waals surface area contributed by atoms with E-state index in [-0.39, 0.29) is 0 Å². The molecule has 0 saturated carbocycles. The number of hydrogen-bond acceptors (Lipinski definition) is 0. The molecular weight excluding hydrogens is 547 g/mol. The zero-order valence-electron chi connectivity index (χ0n) is 25.6. The Labute approximate surface area is 244 Å². The lowest BCUT2D eigenvalue weighted by molar-refractivity contribution is 0.395. The molecular formula is C35H71I. The molecule has 1 heteroatoms. The van der Waals surface area contributed by atoms with Gasteiger partial charge in [0.15, 0.2) is 0 Å². The zero-order valence-corrected chi connectivity index (χ0v) is 27.7. The van der Waals surface area contributed by atoms with E-state index in [4.69, 9.17) is 0 Å². The van der Waals surface area contributed by atoms with Gasteiger partial charge in [-0.15, -0.1) is 0 Å². The van der Waals surface area contributed by atoms with Crippen molar-refractivity contribution in [3.63, 3.8) is 0 Å². The van der Waals surface area contributed by atoms with E-state index < -0.39 is 0 Å². The first kappa shape index (κ1) is 36.7. The fourth-order valence-corrected chi connectivity index (χ4v) is 6.72. The second kappa shape index (κ2) is 33.8.